The van der Waals surface area contributed by atoms with Crippen molar-refractivity contribution in [3.8, 4) is 0 Å². The molecule has 0 heterocycles. The molecule has 0 amide bonds. The van der Waals surface area contributed by atoms with Crippen molar-refractivity contribution in [2.45, 2.75) is 27.7 Å². The van der Waals surface area contributed by atoms with E-state index in [1.165, 1.54) is 68.0 Å². The van der Waals surface area contributed by atoms with Crippen molar-refractivity contribution in [2.24, 2.45) is 0 Å². The van der Waals surface area contributed by atoms with Gasteiger partial charge in [-0.1, -0.05) is 37.1 Å². The largest absolute Gasteiger partial charge is 1.00 e. The van der Waals surface area contributed by atoms with Crippen LogP contribution in [0.5, 0.6) is 0 Å². The summed E-state index contributed by atoms with van der Waals surface area (Å²) in [5.74, 6) is 0. The first kappa shape index (κ1) is 25.0. The Labute approximate surface area is 184 Å². The third-order valence-corrected chi connectivity index (χ3v) is 4.23. The molecule has 0 radical (unpaired) electrons. The second kappa shape index (κ2) is 11.7. The summed E-state index contributed by atoms with van der Waals surface area (Å²) in [7, 11) is 0. The zero-order valence-corrected chi connectivity index (χ0v) is 19.7. The fraction of sp³-hybridized carbons (Fsp3) is 0.174. The van der Waals surface area contributed by atoms with Crippen LogP contribution in [-0.4, -0.2) is 4.21 Å². The van der Waals surface area contributed by atoms with Gasteiger partial charge in [0.2, 0.25) is 0 Å². The van der Waals surface area contributed by atoms with Gasteiger partial charge in [-0.25, -0.2) is 0 Å². The molecule has 0 spiro atoms. The van der Waals surface area contributed by atoms with Crippen LogP contribution in [0, 0.1) is 27.7 Å². The van der Waals surface area contributed by atoms with E-state index < -0.39 is 0 Å². The summed E-state index contributed by atoms with van der Waals surface area (Å²) in [6, 6.07) is 21.8. The van der Waals surface area contributed by atoms with E-state index in [9.17, 15) is 0 Å². The number of aryl methyl sites for hydroxylation is 4. The van der Waals surface area contributed by atoms with E-state index in [1.807, 2.05) is 0 Å². The van der Waals surface area contributed by atoms with E-state index in [-0.39, 0.29) is 24.8 Å². The maximum Gasteiger partial charge on any atom is -1.00 e. The maximum atomic E-state index is 3.34. The van der Waals surface area contributed by atoms with Crippen LogP contribution in [0.2, 0.25) is 0 Å². The zero-order valence-electron chi connectivity index (χ0n) is 15.7. The molecule has 0 nitrogen and oxygen atoms in total. The SMILES string of the molecule is Cc1cc2c(C)cccc2[cH-]1.Cc1cc2c(C)cccc2[cH-]1.[CH2]=[Zr+2].[Cl-].[Cl-]. The molecule has 0 saturated heterocycles. The van der Waals surface area contributed by atoms with E-state index >= 15 is 0 Å². The Morgan fingerprint density at radius 1 is 0.654 bits per heavy atom. The van der Waals surface area contributed by atoms with Gasteiger partial charge in [-0.2, -0.15) is 12.1 Å². The second-order valence-electron chi connectivity index (χ2n) is 6.22. The van der Waals surface area contributed by atoms with Gasteiger partial charge in [0.05, 0.1) is 0 Å². The fourth-order valence-corrected chi connectivity index (χ4v) is 3.08. The molecule has 0 unspecified atom stereocenters. The molecule has 0 aliphatic carbocycles. The van der Waals surface area contributed by atoms with E-state index in [0.717, 1.165) is 0 Å². The van der Waals surface area contributed by atoms with Crippen molar-refractivity contribution in [1.29, 1.82) is 0 Å². The van der Waals surface area contributed by atoms with Crippen LogP contribution in [0.3, 0.4) is 0 Å². The first-order chi connectivity index (χ1) is 11.5. The van der Waals surface area contributed by atoms with E-state index in [4.69, 9.17) is 0 Å². The first-order valence-corrected chi connectivity index (χ1v) is 9.89. The van der Waals surface area contributed by atoms with Crippen molar-refractivity contribution >= 4 is 25.8 Å². The Hall–Kier alpha value is -1.01. The smallest absolute Gasteiger partial charge is 1.00 e. The van der Waals surface area contributed by atoms with Crippen LogP contribution in [-0.2, 0) is 24.2 Å². The molecule has 0 fully saturated rings. The predicted octanol–water partition coefficient (Wildman–Crippen LogP) is 0.324. The van der Waals surface area contributed by atoms with Gasteiger partial charge < -0.3 is 24.8 Å². The minimum absolute atomic E-state index is 0. The summed E-state index contributed by atoms with van der Waals surface area (Å²) in [5, 5.41) is 5.51. The molecule has 3 heteroatoms. The summed E-state index contributed by atoms with van der Waals surface area (Å²) in [6.45, 7) is 8.59. The molecule has 4 aromatic rings. The van der Waals surface area contributed by atoms with Crippen LogP contribution in [0.25, 0.3) is 21.5 Å². The van der Waals surface area contributed by atoms with Gasteiger partial charge in [0.15, 0.2) is 0 Å². The summed E-state index contributed by atoms with van der Waals surface area (Å²) < 4.78 is 3.34. The van der Waals surface area contributed by atoms with Crippen molar-refractivity contribution in [3.05, 3.63) is 82.9 Å². The number of benzene rings is 2. The van der Waals surface area contributed by atoms with Gasteiger partial charge in [-0.15, -0.1) is 69.1 Å². The monoisotopic (exact) mass is 460 g/mol. The summed E-state index contributed by atoms with van der Waals surface area (Å²) in [5.41, 5.74) is 5.45. The fourth-order valence-electron chi connectivity index (χ4n) is 3.08. The molecular formula is C23H24Cl2Zr-2. The van der Waals surface area contributed by atoms with Gasteiger partial charge in [0.25, 0.3) is 0 Å². The standard InChI is InChI=1S/2C11H11.CH2.2ClH.Zr/c2*1-8-6-10-5-3-4-9(2)11(10)7-8;;;;/h2*3-7H,1-2H3;1H2;2*1H;/q2*-1;;;;+2/p-2. The first-order valence-electron chi connectivity index (χ1n) is 8.15. The zero-order chi connectivity index (χ0) is 17.7. The minimum Gasteiger partial charge on any atom is -1.00 e. The molecule has 4 rings (SSSR count). The van der Waals surface area contributed by atoms with Crippen molar-refractivity contribution in [3.63, 3.8) is 0 Å². The molecular weight excluding hydrogens is 438 g/mol. The van der Waals surface area contributed by atoms with E-state index in [2.05, 4.69) is 92.6 Å². The summed E-state index contributed by atoms with van der Waals surface area (Å²) in [4.78, 5) is 0. The van der Waals surface area contributed by atoms with Gasteiger partial charge in [-0.3, -0.25) is 0 Å². The van der Waals surface area contributed by atoms with Gasteiger partial charge in [0, 0.05) is 0 Å². The Morgan fingerprint density at radius 3 is 1.31 bits per heavy atom. The van der Waals surface area contributed by atoms with Gasteiger partial charge in [0.1, 0.15) is 0 Å². The topological polar surface area (TPSA) is 0 Å². The van der Waals surface area contributed by atoms with Crippen LogP contribution < -0.4 is 24.8 Å². The quantitative estimate of drug-likeness (QED) is 0.331. The van der Waals surface area contributed by atoms with Crippen LogP contribution in [0.1, 0.15) is 22.3 Å². The second-order valence-corrected chi connectivity index (χ2v) is 6.22. The molecule has 0 aromatic heterocycles. The Morgan fingerprint density at radius 2 is 1.00 bits per heavy atom. The molecule has 136 valence electrons. The molecule has 0 N–H and O–H groups in total. The van der Waals surface area contributed by atoms with Crippen molar-refractivity contribution in [2.75, 3.05) is 0 Å². The normalized spacial score (nSPS) is 9.31. The number of fused-ring (bicyclic) bond motifs is 2. The molecule has 0 saturated carbocycles. The molecule has 0 aliphatic rings. The third kappa shape index (κ3) is 6.02. The average Bonchev–Trinajstić information content (AvgIpc) is 3.13. The molecule has 4 aromatic carbocycles. The maximum absolute atomic E-state index is 3.34. The van der Waals surface area contributed by atoms with Crippen LogP contribution in [0.4, 0.5) is 0 Å². The molecule has 0 atom stereocenters. The number of halogens is 2. The Kier molecular flexibility index (Phi) is 11.2. The number of rotatable bonds is 0. The predicted molar refractivity (Wildman–Crippen MR) is 105 cm³/mol. The Balaban J connectivity index is 0.000000410. The van der Waals surface area contributed by atoms with Crippen molar-refractivity contribution in [1.82, 2.24) is 0 Å². The Bertz CT molecular complexity index is 869. The van der Waals surface area contributed by atoms with Gasteiger partial charge >= 0.3 is 28.4 Å². The number of hydrogen-bond acceptors (Lipinski definition) is 0. The molecule has 0 aliphatic heterocycles. The molecule has 26 heavy (non-hydrogen) atoms. The van der Waals surface area contributed by atoms with Gasteiger partial charge in [-0.05, 0) is 13.8 Å². The van der Waals surface area contributed by atoms with Crippen molar-refractivity contribution < 1.29 is 49.0 Å². The van der Waals surface area contributed by atoms with E-state index in [0.29, 0.717) is 0 Å². The van der Waals surface area contributed by atoms with Crippen LogP contribution >= 0.6 is 0 Å². The number of hydrogen-bond donors (Lipinski definition) is 0. The average molecular weight is 463 g/mol. The summed E-state index contributed by atoms with van der Waals surface area (Å²) >= 11 is 1.30. The molecule has 0 bridgehead atoms. The third-order valence-electron chi connectivity index (χ3n) is 4.23. The van der Waals surface area contributed by atoms with E-state index in [1.54, 1.807) is 0 Å². The summed E-state index contributed by atoms with van der Waals surface area (Å²) in [6.07, 6.45) is 0. The van der Waals surface area contributed by atoms with Crippen LogP contribution in [0.15, 0.2) is 60.7 Å². The minimum atomic E-state index is 0.